The summed E-state index contributed by atoms with van der Waals surface area (Å²) in [5.41, 5.74) is 0. The third-order valence-electron chi connectivity index (χ3n) is 1.16. The lowest BCUT2D eigenvalue weighted by Crippen LogP contribution is -2.21. The van der Waals surface area contributed by atoms with Crippen LogP contribution in [0, 0.1) is 0 Å². The van der Waals surface area contributed by atoms with Gasteiger partial charge >= 0.3 is 0 Å². The molecule has 0 saturated carbocycles. The molecule has 8 heavy (non-hydrogen) atoms. The predicted molar refractivity (Wildman–Crippen MR) is 46.4 cm³/mol. The van der Waals surface area contributed by atoms with Gasteiger partial charge < -0.3 is 0 Å². The highest BCUT2D eigenvalue weighted by Crippen LogP contribution is 1.93. The molecule has 0 fully saturated rings. The molecule has 0 aliphatic rings. The predicted octanol–water partition coefficient (Wildman–Crippen LogP) is 2.11. The second kappa shape index (κ2) is 5.82. The SMILES string of the molecule is CCCN(CC)CI. The quantitative estimate of drug-likeness (QED) is 0.404. The summed E-state index contributed by atoms with van der Waals surface area (Å²) < 4.78 is 1.17. The highest BCUT2D eigenvalue weighted by Gasteiger charge is 1.93. The van der Waals surface area contributed by atoms with E-state index in [2.05, 4.69) is 41.3 Å². The van der Waals surface area contributed by atoms with E-state index >= 15 is 0 Å². The van der Waals surface area contributed by atoms with Crippen LogP contribution in [0.3, 0.4) is 0 Å². The van der Waals surface area contributed by atoms with Crippen molar-refractivity contribution in [2.24, 2.45) is 0 Å². The average Bonchev–Trinajstić information content (AvgIpc) is 1.83. The molecule has 50 valence electrons. The van der Waals surface area contributed by atoms with Crippen LogP contribution >= 0.6 is 22.6 Å². The van der Waals surface area contributed by atoms with Crippen molar-refractivity contribution in [3.05, 3.63) is 0 Å². The monoisotopic (exact) mass is 227 g/mol. The fourth-order valence-corrected chi connectivity index (χ4v) is 1.44. The summed E-state index contributed by atoms with van der Waals surface area (Å²) in [7, 11) is 0. The Bertz CT molecular complexity index is 43.8. The van der Waals surface area contributed by atoms with Gasteiger partial charge in [-0.3, -0.25) is 4.90 Å². The molecule has 0 aliphatic carbocycles. The van der Waals surface area contributed by atoms with Crippen molar-refractivity contribution in [2.75, 3.05) is 17.6 Å². The number of hydrogen-bond acceptors (Lipinski definition) is 1. The van der Waals surface area contributed by atoms with Gasteiger partial charge in [0.05, 0.1) is 4.55 Å². The van der Waals surface area contributed by atoms with E-state index in [0.29, 0.717) is 0 Å². The smallest absolute Gasteiger partial charge is 0.0505 e. The molecule has 0 radical (unpaired) electrons. The summed E-state index contributed by atoms with van der Waals surface area (Å²) in [6, 6.07) is 0. The minimum Gasteiger partial charge on any atom is -0.294 e. The van der Waals surface area contributed by atoms with E-state index in [1.54, 1.807) is 0 Å². The largest absolute Gasteiger partial charge is 0.294 e. The first-order chi connectivity index (χ1) is 3.85. The molecule has 0 heterocycles. The van der Waals surface area contributed by atoms with Crippen LogP contribution in [0.2, 0.25) is 0 Å². The van der Waals surface area contributed by atoms with Crippen LogP contribution in [0.25, 0.3) is 0 Å². The lowest BCUT2D eigenvalue weighted by atomic mass is 10.4. The van der Waals surface area contributed by atoms with Crippen molar-refractivity contribution >= 4 is 22.6 Å². The zero-order valence-corrected chi connectivity index (χ0v) is 7.81. The van der Waals surface area contributed by atoms with Crippen molar-refractivity contribution in [3.8, 4) is 0 Å². The molecule has 0 aromatic heterocycles. The van der Waals surface area contributed by atoms with E-state index < -0.39 is 0 Å². The second-order valence-corrected chi connectivity index (χ2v) is 2.51. The minimum absolute atomic E-state index is 1.17. The Balaban J connectivity index is 3.07. The molecular weight excluding hydrogens is 213 g/mol. The normalized spacial score (nSPS) is 10.5. The summed E-state index contributed by atoms with van der Waals surface area (Å²) in [6.45, 7) is 6.86. The molecule has 0 aromatic carbocycles. The Labute approximate surface area is 65.6 Å². The van der Waals surface area contributed by atoms with E-state index in [1.165, 1.54) is 24.1 Å². The van der Waals surface area contributed by atoms with Gasteiger partial charge in [0.2, 0.25) is 0 Å². The molecule has 0 spiro atoms. The second-order valence-electron chi connectivity index (χ2n) is 1.83. The third kappa shape index (κ3) is 3.66. The number of halogens is 1. The summed E-state index contributed by atoms with van der Waals surface area (Å²) in [4.78, 5) is 2.42. The Morgan fingerprint density at radius 3 is 2.12 bits per heavy atom. The van der Waals surface area contributed by atoms with E-state index in [9.17, 15) is 0 Å². The zero-order chi connectivity index (χ0) is 6.41. The van der Waals surface area contributed by atoms with Gasteiger partial charge in [0, 0.05) is 0 Å². The van der Waals surface area contributed by atoms with Crippen molar-refractivity contribution in [2.45, 2.75) is 20.3 Å². The maximum atomic E-state index is 2.42. The molecule has 2 heteroatoms. The van der Waals surface area contributed by atoms with E-state index in [0.717, 1.165) is 0 Å². The van der Waals surface area contributed by atoms with Gasteiger partial charge in [0.1, 0.15) is 0 Å². The Morgan fingerprint density at radius 1 is 1.38 bits per heavy atom. The Morgan fingerprint density at radius 2 is 2.00 bits per heavy atom. The van der Waals surface area contributed by atoms with Gasteiger partial charge in [-0.1, -0.05) is 36.4 Å². The molecule has 0 saturated heterocycles. The zero-order valence-electron chi connectivity index (χ0n) is 5.65. The summed E-state index contributed by atoms with van der Waals surface area (Å²) in [5.74, 6) is 0. The van der Waals surface area contributed by atoms with Crippen molar-refractivity contribution < 1.29 is 0 Å². The van der Waals surface area contributed by atoms with Crippen LogP contribution in [-0.4, -0.2) is 22.5 Å². The van der Waals surface area contributed by atoms with Crippen molar-refractivity contribution in [3.63, 3.8) is 0 Å². The van der Waals surface area contributed by atoms with Crippen LogP contribution in [-0.2, 0) is 0 Å². The van der Waals surface area contributed by atoms with E-state index in [-0.39, 0.29) is 0 Å². The Kier molecular flexibility index (Phi) is 6.32. The first kappa shape index (κ1) is 8.69. The highest BCUT2D eigenvalue weighted by molar-refractivity contribution is 14.1. The maximum absolute atomic E-state index is 2.42. The first-order valence-electron chi connectivity index (χ1n) is 3.13. The van der Waals surface area contributed by atoms with Gasteiger partial charge in [0.15, 0.2) is 0 Å². The van der Waals surface area contributed by atoms with Crippen molar-refractivity contribution in [1.29, 1.82) is 0 Å². The fourth-order valence-electron chi connectivity index (χ4n) is 0.619. The van der Waals surface area contributed by atoms with Crippen LogP contribution < -0.4 is 0 Å². The van der Waals surface area contributed by atoms with Crippen LogP contribution in [0.15, 0.2) is 0 Å². The molecule has 1 nitrogen and oxygen atoms in total. The number of hydrogen-bond donors (Lipinski definition) is 0. The van der Waals surface area contributed by atoms with Gasteiger partial charge in [0.25, 0.3) is 0 Å². The lowest BCUT2D eigenvalue weighted by Gasteiger charge is -2.14. The summed E-state index contributed by atoms with van der Waals surface area (Å²) >= 11 is 2.40. The third-order valence-corrected chi connectivity index (χ3v) is 2.12. The number of rotatable bonds is 4. The Hall–Kier alpha value is 0.690. The molecule has 0 unspecified atom stereocenters. The van der Waals surface area contributed by atoms with Gasteiger partial charge in [-0.05, 0) is 19.5 Å². The van der Waals surface area contributed by atoms with Gasteiger partial charge in [-0.2, -0.15) is 0 Å². The first-order valence-corrected chi connectivity index (χ1v) is 4.66. The van der Waals surface area contributed by atoms with Gasteiger partial charge in [-0.15, -0.1) is 0 Å². The standard InChI is InChI=1S/C6H14IN/c1-3-5-8(4-2)6-7/h3-6H2,1-2H3. The molecule has 0 N–H and O–H groups in total. The van der Waals surface area contributed by atoms with Crippen molar-refractivity contribution in [1.82, 2.24) is 4.90 Å². The fraction of sp³-hybridized carbons (Fsp3) is 1.00. The molecule has 0 amide bonds. The molecular formula is C6H14IN. The summed E-state index contributed by atoms with van der Waals surface area (Å²) in [6.07, 6.45) is 1.27. The molecule has 0 rings (SSSR count). The number of nitrogens with zero attached hydrogens (tertiary/aromatic N) is 1. The molecule has 0 aliphatic heterocycles. The van der Waals surface area contributed by atoms with Crippen LogP contribution in [0.4, 0.5) is 0 Å². The molecule has 0 atom stereocenters. The maximum Gasteiger partial charge on any atom is 0.0505 e. The average molecular weight is 227 g/mol. The highest BCUT2D eigenvalue weighted by atomic mass is 127. The topological polar surface area (TPSA) is 3.24 Å². The van der Waals surface area contributed by atoms with Crippen LogP contribution in [0.5, 0.6) is 0 Å². The number of alkyl halides is 1. The summed E-state index contributed by atoms with van der Waals surface area (Å²) in [5, 5.41) is 0. The lowest BCUT2D eigenvalue weighted by molar-refractivity contribution is 0.347. The molecule has 0 aromatic rings. The van der Waals surface area contributed by atoms with E-state index in [4.69, 9.17) is 0 Å². The molecule has 0 bridgehead atoms. The van der Waals surface area contributed by atoms with Gasteiger partial charge in [-0.25, -0.2) is 0 Å². The van der Waals surface area contributed by atoms with E-state index in [1.807, 2.05) is 0 Å². The minimum atomic E-state index is 1.17. The van der Waals surface area contributed by atoms with Crippen LogP contribution in [0.1, 0.15) is 20.3 Å².